The number of benzene rings is 1. The molecule has 1 aromatic carbocycles. The Balaban J connectivity index is 2.29. The molecule has 11 heteroatoms. The van der Waals surface area contributed by atoms with Gasteiger partial charge in [-0.15, -0.1) is 0 Å². The van der Waals surface area contributed by atoms with Gasteiger partial charge in [0.15, 0.2) is 0 Å². The minimum absolute atomic E-state index is 0.0370. The number of imide groups is 2. The van der Waals surface area contributed by atoms with E-state index in [-0.39, 0.29) is 11.3 Å². The number of hydrogen-bond donors (Lipinski definition) is 6. The summed E-state index contributed by atoms with van der Waals surface area (Å²) < 4.78 is 0. The normalized spacial score (nSPS) is 16.1. The highest BCUT2D eigenvalue weighted by Crippen LogP contribution is 2.38. The number of aromatic hydroxyl groups is 2. The standard InChI is InChI=1S/C15H12N4O7/c20-6-4-2-1-3-5(6)7(8-10(21)16-14(25)17-11(8)22)9-12(23)18-15(26)19-13(9)24/h1-4,7-8,20H,(H2,16,17,21,22,25)(H3,18,19,23,24,26). The van der Waals surface area contributed by atoms with Gasteiger partial charge in [0, 0.05) is 11.5 Å². The number of barbiturate groups is 1. The van der Waals surface area contributed by atoms with Crippen molar-refractivity contribution in [3.63, 3.8) is 0 Å². The molecule has 1 atom stereocenters. The van der Waals surface area contributed by atoms with Crippen LogP contribution < -0.4 is 21.9 Å². The number of carbonyl (C=O) groups is 3. The zero-order valence-corrected chi connectivity index (χ0v) is 12.9. The Morgan fingerprint density at radius 3 is 2.08 bits per heavy atom. The first-order valence-electron chi connectivity index (χ1n) is 7.28. The largest absolute Gasteiger partial charge is 0.508 e. The fraction of sp³-hybridized carbons (Fsp3) is 0.133. The Morgan fingerprint density at radius 1 is 0.885 bits per heavy atom. The van der Waals surface area contributed by atoms with Crippen LogP contribution in [0.2, 0.25) is 0 Å². The third kappa shape index (κ3) is 2.81. The SMILES string of the molecule is O=C1NC(=O)C(C(c2ccccc2O)c2c(O)[nH]c(=O)[nH]c2=O)C(=O)N1. The number of phenolic OH excluding ortho intramolecular Hbond substituents is 1. The smallest absolute Gasteiger partial charge is 0.328 e. The quantitative estimate of drug-likeness (QED) is 0.363. The highest BCUT2D eigenvalue weighted by molar-refractivity contribution is 6.17. The van der Waals surface area contributed by atoms with Gasteiger partial charge >= 0.3 is 11.7 Å². The molecule has 2 heterocycles. The van der Waals surface area contributed by atoms with Crippen LogP contribution in [0.15, 0.2) is 33.9 Å². The Hall–Kier alpha value is -3.89. The third-order valence-electron chi connectivity index (χ3n) is 3.91. The van der Waals surface area contributed by atoms with E-state index < -0.39 is 52.4 Å². The molecule has 26 heavy (non-hydrogen) atoms. The highest BCUT2D eigenvalue weighted by atomic mass is 16.3. The second kappa shape index (κ2) is 6.20. The first-order valence-corrected chi connectivity index (χ1v) is 7.28. The number of phenols is 1. The van der Waals surface area contributed by atoms with Gasteiger partial charge in [-0.2, -0.15) is 0 Å². The van der Waals surface area contributed by atoms with Crippen molar-refractivity contribution in [2.24, 2.45) is 5.92 Å². The molecule has 0 bridgehead atoms. The van der Waals surface area contributed by atoms with Crippen molar-refractivity contribution in [2.75, 3.05) is 0 Å². The van der Waals surface area contributed by atoms with Gasteiger partial charge in [0.2, 0.25) is 17.7 Å². The third-order valence-corrected chi connectivity index (χ3v) is 3.91. The van der Waals surface area contributed by atoms with E-state index in [4.69, 9.17) is 0 Å². The maximum Gasteiger partial charge on any atom is 0.328 e. The number of para-hydroxylation sites is 1. The summed E-state index contributed by atoms with van der Waals surface area (Å²) in [5.41, 5.74) is -2.61. The number of aromatic amines is 2. The maximum absolute atomic E-state index is 12.3. The van der Waals surface area contributed by atoms with E-state index in [0.717, 1.165) is 0 Å². The van der Waals surface area contributed by atoms with Crippen LogP contribution in [-0.4, -0.2) is 38.0 Å². The Bertz CT molecular complexity index is 1020. The summed E-state index contributed by atoms with van der Waals surface area (Å²) in [5.74, 6) is -6.44. The number of hydrogen-bond acceptors (Lipinski definition) is 7. The number of nitrogens with one attached hydrogen (secondary N) is 4. The van der Waals surface area contributed by atoms with Gasteiger partial charge in [-0.1, -0.05) is 18.2 Å². The Kier molecular flexibility index (Phi) is 4.04. The molecule has 0 spiro atoms. The molecular formula is C15H12N4O7. The van der Waals surface area contributed by atoms with E-state index >= 15 is 0 Å². The van der Waals surface area contributed by atoms with Crippen LogP contribution in [0.5, 0.6) is 11.6 Å². The van der Waals surface area contributed by atoms with Crippen LogP contribution in [0, 0.1) is 5.92 Å². The summed E-state index contributed by atoms with van der Waals surface area (Å²) >= 11 is 0. The summed E-state index contributed by atoms with van der Waals surface area (Å²) in [6.07, 6.45) is 0. The lowest BCUT2D eigenvalue weighted by molar-refractivity contribution is -0.136. The van der Waals surface area contributed by atoms with Crippen molar-refractivity contribution < 1.29 is 24.6 Å². The van der Waals surface area contributed by atoms with Crippen LogP contribution in [-0.2, 0) is 9.59 Å². The van der Waals surface area contributed by atoms with Gasteiger partial charge in [-0.25, -0.2) is 9.59 Å². The zero-order chi connectivity index (χ0) is 19.0. The maximum atomic E-state index is 12.3. The molecule has 6 N–H and O–H groups in total. The number of H-pyrrole nitrogens is 2. The van der Waals surface area contributed by atoms with Gasteiger partial charge in [0.05, 0.1) is 5.56 Å². The van der Waals surface area contributed by atoms with E-state index in [9.17, 15) is 34.2 Å². The zero-order valence-electron chi connectivity index (χ0n) is 12.9. The van der Waals surface area contributed by atoms with Crippen molar-refractivity contribution in [3.05, 3.63) is 56.2 Å². The van der Waals surface area contributed by atoms with Crippen molar-refractivity contribution >= 4 is 17.8 Å². The highest BCUT2D eigenvalue weighted by Gasteiger charge is 2.44. The van der Waals surface area contributed by atoms with E-state index in [1.54, 1.807) is 0 Å². The first kappa shape index (κ1) is 17.0. The van der Waals surface area contributed by atoms with E-state index in [0.29, 0.717) is 0 Å². The predicted molar refractivity (Wildman–Crippen MR) is 84.5 cm³/mol. The van der Waals surface area contributed by atoms with Crippen molar-refractivity contribution in [1.82, 2.24) is 20.6 Å². The van der Waals surface area contributed by atoms with Crippen LogP contribution in [0.4, 0.5) is 4.79 Å². The van der Waals surface area contributed by atoms with E-state index in [1.807, 2.05) is 20.6 Å². The van der Waals surface area contributed by atoms with E-state index in [1.165, 1.54) is 24.3 Å². The van der Waals surface area contributed by atoms with Gasteiger partial charge in [-0.05, 0) is 6.07 Å². The Labute approximate surface area is 143 Å². The summed E-state index contributed by atoms with van der Waals surface area (Å²) in [7, 11) is 0. The number of aromatic nitrogens is 2. The molecule has 4 amide bonds. The molecule has 0 aliphatic carbocycles. The molecule has 1 unspecified atom stereocenters. The van der Waals surface area contributed by atoms with Gasteiger partial charge in [-0.3, -0.25) is 35.0 Å². The molecule has 1 aromatic heterocycles. The topological polar surface area (TPSA) is 181 Å². The molecule has 1 fully saturated rings. The molecule has 3 rings (SSSR count). The summed E-state index contributed by atoms with van der Waals surface area (Å²) in [6.45, 7) is 0. The lowest BCUT2D eigenvalue weighted by atomic mass is 9.79. The molecule has 1 saturated heterocycles. The van der Waals surface area contributed by atoms with Crippen molar-refractivity contribution in [1.29, 1.82) is 0 Å². The average Bonchev–Trinajstić information content (AvgIpc) is 2.52. The van der Waals surface area contributed by atoms with Crippen LogP contribution >= 0.6 is 0 Å². The predicted octanol–water partition coefficient (Wildman–Crippen LogP) is -1.41. The molecular weight excluding hydrogens is 348 g/mol. The van der Waals surface area contributed by atoms with Crippen LogP contribution in [0.1, 0.15) is 17.0 Å². The van der Waals surface area contributed by atoms with Crippen molar-refractivity contribution in [2.45, 2.75) is 5.92 Å². The van der Waals surface area contributed by atoms with Gasteiger partial charge in [0.1, 0.15) is 11.7 Å². The second-order valence-corrected chi connectivity index (χ2v) is 5.49. The molecule has 134 valence electrons. The Morgan fingerprint density at radius 2 is 1.50 bits per heavy atom. The lowest BCUT2D eigenvalue weighted by Crippen LogP contribution is -2.57. The lowest BCUT2D eigenvalue weighted by Gasteiger charge is -2.28. The summed E-state index contributed by atoms with van der Waals surface area (Å²) in [5, 5.41) is 24.0. The van der Waals surface area contributed by atoms with Crippen LogP contribution in [0.25, 0.3) is 0 Å². The number of amides is 4. The van der Waals surface area contributed by atoms with E-state index in [2.05, 4.69) is 0 Å². The fourth-order valence-electron chi connectivity index (χ4n) is 2.86. The second-order valence-electron chi connectivity index (χ2n) is 5.49. The molecule has 1 aliphatic heterocycles. The minimum Gasteiger partial charge on any atom is -0.508 e. The fourth-order valence-corrected chi connectivity index (χ4v) is 2.86. The molecule has 0 saturated carbocycles. The summed E-state index contributed by atoms with van der Waals surface area (Å²) in [6, 6.07) is 4.50. The van der Waals surface area contributed by atoms with Crippen LogP contribution in [0.3, 0.4) is 0 Å². The monoisotopic (exact) mass is 360 g/mol. The van der Waals surface area contributed by atoms with Crippen molar-refractivity contribution in [3.8, 4) is 11.6 Å². The van der Waals surface area contributed by atoms with Gasteiger partial charge < -0.3 is 10.2 Å². The minimum atomic E-state index is -1.67. The average molecular weight is 360 g/mol. The number of rotatable bonds is 3. The number of urea groups is 1. The molecule has 11 nitrogen and oxygen atoms in total. The first-order chi connectivity index (χ1) is 12.3. The summed E-state index contributed by atoms with van der Waals surface area (Å²) in [4.78, 5) is 63.2. The molecule has 1 aliphatic rings. The molecule has 0 radical (unpaired) electrons. The van der Waals surface area contributed by atoms with Gasteiger partial charge in [0.25, 0.3) is 5.56 Å². The number of carbonyl (C=O) groups excluding carboxylic acids is 3. The molecule has 2 aromatic rings.